The van der Waals surface area contributed by atoms with Gasteiger partial charge in [-0.15, -0.1) is 11.3 Å². The molecule has 6 nitrogen and oxygen atoms in total. The van der Waals surface area contributed by atoms with Gasteiger partial charge in [0.1, 0.15) is 0 Å². The van der Waals surface area contributed by atoms with Gasteiger partial charge in [0.15, 0.2) is 10.7 Å². The molecule has 0 spiro atoms. The van der Waals surface area contributed by atoms with Crippen molar-refractivity contribution in [1.29, 1.82) is 0 Å². The number of nitrogens with zero attached hydrogens (tertiary/aromatic N) is 4. The summed E-state index contributed by atoms with van der Waals surface area (Å²) in [4.78, 5) is 19.1. The Balaban J connectivity index is 1.58. The van der Waals surface area contributed by atoms with Gasteiger partial charge in [-0.3, -0.25) is 13.9 Å². The number of hydrogen-bond donors (Lipinski definition) is 1. The van der Waals surface area contributed by atoms with Crippen molar-refractivity contribution in [2.45, 2.75) is 57.2 Å². The number of aryl methyl sites for hydroxylation is 1. The Bertz CT molecular complexity index is 1190. The van der Waals surface area contributed by atoms with Crippen molar-refractivity contribution >= 4 is 16.3 Å². The van der Waals surface area contributed by atoms with Crippen molar-refractivity contribution in [3.05, 3.63) is 50.1 Å². The molecule has 160 valence electrons. The van der Waals surface area contributed by atoms with Crippen LogP contribution in [0.5, 0.6) is 0 Å². The number of thiazole rings is 1. The lowest BCUT2D eigenvalue weighted by atomic mass is 10.2. The summed E-state index contributed by atoms with van der Waals surface area (Å²) in [6.07, 6.45) is -2.00. The summed E-state index contributed by atoms with van der Waals surface area (Å²) < 4.78 is 42.7. The van der Waals surface area contributed by atoms with E-state index < -0.39 is 17.9 Å². The molecule has 0 radical (unpaired) electrons. The number of halogens is 3. The predicted molar refractivity (Wildman–Crippen MR) is 105 cm³/mol. The largest absolute Gasteiger partial charge is 0.435 e. The minimum Gasteiger partial charge on any atom is -0.396 e. The fourth-order valence-electron chi connectivity index (χ4n) is 4.21. The van der Waals surface area contributed by atoms with E-state index >= 15 is 0 Å². The summed E-state index contributed by atoms with van der Waals surface area (Å²) in [6, 6.07) is 1.93. The Kier molecular flexibility index (Phi) is 4.38. The van der Waals surface area contributed by atoms with Crippen LogP contribution in [0.4, 0.5) is 13.2 Å². The first-order chi connectivity index (χ1) is 14.2. The van der Waals surface area contributed by atoms with Crippen LogP contribution in [0.2, 0.25) is 0 Å². The molecule has 5 rings (SSSR count). The van der Waals surface area contributed by atoms with E-state index in [1.807, 2.05) is 6.92 Å². The molecule has 0 aromatic carbocycles. The van der Waals surface area contributed by atoms with Gasteiger partial charge in [0.25, 0.3) is 5.56 Å². The third-order valence-electron chi connectivity index (χ3n) is 6.11. The second kappa shape index (κ2) is 6.65. The van der Waals surface area contributed by atoms with Gasteiger partial charge in [0.2, 0.25) is 0 Å². The summed E-state index contributed by atoms with van der Waals surface area (Å²) in [5.74, 6) is 0.383. The average molecular weight is 438 g/mol. The number of aromatic nitrogens is 4. The third kappa shape index (κ3) is 3.17. The molecule has 1 N–H and O–H groups in total. The highest BCUT2D eigenvalue weighted by molar-refractivity contribution is 7.17. The summed E-state index contributed by atoms with van der Waals surface area (Å²) in [7, 11) is 0. The van der Waals surface area contributed by atoms with Crippen LogP contribution >= 0.6 is 11.3 Å². The first kappa shape index (κ1) is 19.7. The molecule has 2 fully saturated rings. The van der Waals surface area contributed by atoms with Crippen molar-refractivity contribution in [2.24, 2.45) is 5.92 Å². The maximum absolute atomic E-state index is 13.2. The van der Waals surface area contributed by atoms with E-state index in [1.54, 1.807) is 11.3 Å². The topological polar surface area (TPSA) is 72.4 Å². The second-order valence-electron chi connectivity index (χ2n) is 8.31. The molecule has 3 heterocycles. The smallest absolute Gasteiger partial charge is 0.396 e. The zero-order valence-corrected chi connectivity index (χ0v) is 17.3. The lowest BCUT2D eigenvalue weighted by Crippen LogP contribution is -2.21. The average Bonchev–Trinajstić information content (AvgIpc) is 3.59. The molecule has 3 aromatic heterocycles. The van der Waals surface area contributed by atoms with E-state index in [-0.39, 0.29) is 29.9 Å². The van der Waals surface area contributed by atoms with Gasteiger partial charge in [-0.05, 0) is 45.1 Å². The lowest BCUT2D eigenvalue weighted by Gasteiger charge is -2.15. The summed E-state index contributed by atoms with van der Waals surface area (Å²) in [5.41, 5.74) is 0.681. The number of hydrogen-bond acceptors (Lipinski definition) is 5. The van der Waals surface area contributed by atoms with Crippen LogP contribution in [0.25, 0.3) is 4.96 Å². The number of fused-ring (bicyclic) bond motifs is 1. The zero-order valence-electron chi connectivity index (χ0n) is 16.5. The van der Waals surface area contributed by atoms with Gasteiger partial charge in [0, 0.05) is 40.8 Å². The first-order valence-electron chi connectivity index (χ1n) is 9.99. The second-order valence-corrected chi connectivity index (χ2v) is 9.49. The van der Waals surface area contributed by atoms with Crippen molar-refractivity contribution in [3.8, 4) is 0 Å². The Morgan fingerprint density at radius 1 is 1.33 bits per heavy atom. The van der Waals surface area contributed by atoms with Gasteiger partial charge >= 0.3 is 6.18 Å². The Hall–Kier alpha value is -2.20. The summed E-state index contributed by atoms with van der Waals surface area (Å²) in [6.45, 7) is 3.74. The van der Waals surface area contributed by atoms with Crippen molar-refractivity contribution in [3.63, 3.8) is 0 Å². The van der Waals surface area contributed by atoms with Gasteiger partial charge in [0.05, 0.1) is 11.7 Å². The maximum Gasteiger partial charge on any atom is 0.435 e. The number of aliphatic hydroxyl groups excluding tert-OH is 1. The molecular formula is C20H21F3N4O2S. The first-order valence-corrected chi connectivity index (χ1v) is 10.8. The quantitative estimate of drug-likeness (QED) is 0.657. The highest BCUT2D eigenvalue weighted by Crippen LogP contribution is 2.49. The predicted octanol–water partition coefficient (Wildman–Crippen LogP) is 3.86. The zero-order chi connectivity index (χ0) is 21.4. The lowest BCUT2D eigenvalue weighted by molar-refractivity contribution is -0.141. The number of rotatable bonds is 5. The van der Waals surface area contributed by atoms with Crippen LogP contribution in [-0.2, 0) is 6.18 Å². The number of alkyl halides is 3. The molecule has 2 aliphatic carbocycles. The molecule has 0 saturated heterocycles. The fraction of sp³-hybridized carbons (Fsp3) is 0.550. The van der Waals surface area contributed by atoms with E-state index in [4.69, 9.17) is 0 Å². The molecule has 30 heavy (non-hydrogen) atoms. The SMILES string of the molecule is Cc1sc2nc(C(C)n3nc(C(F)(F)F)cc3C3CC3)cc(=O)n2c1C1CC1CO. The normalized spacial score (nSPS) is 22.6. The Morgan fingerprint density at radius 3 is 2.67 bits per heavy atom. The number of aliphatic hydroxyl groups is 1. The molecule has 0 aliphatic heterocycles. The van der Waals surface area contributed by atoms with Crippen LogP contribution < -0.4 is 5.56 Å². The summed E-state index contributed by atoms with van der Waals surface area (Å²) in [5, 5.41) is 13.2. The highest BCUT2D eigenvalue weighted by atomic mass is 32.1. The maximum atomic E-state index is 13.2. The fourth-order valence-corrected chi connectivity index (χ4v) is 5.26. The van der Waals surface area contributed by atoms with Gasteiger partial charge in [-0.1, -0.05) is 0 Å². The van der Waals surface area contributed by atoms with Crippen molar-refractivity contribution < 1.29 is 18.3 Å². The highest BCUT2D eigenvalue weighted by Gasteiger charge is 2.42. The molecular weight excluding hydrogens is 417 g/mol. The third-order valence-corrected chi connectivity index (χ3v) is 7.08. The Morgan fingerprint density at radius 2 is 2.07 bits per heavy atom. The monoisotopic (exact) mass is 438 g/mol. The van der Waals surface area contributed by atoms with E-state index in [0.717, 1.165) is 35.9 Å². The standard InChI is InChI=1S/C20H21F3N4O2S/c1-9(27-15(11-3-4-11)7-16(25-27)20(21,22)23)14-6-17(29)26-18(13-5-12(13)8-28)10(2)30-19(26)24-14/h6-7,9,11-13,28H,3-5,8H2,1-2H3. The minimum absolute atomic E-state index is 0.0711. The van der Waals surface area contributed by atoms with Crippen LogP contribution in [-0.4, -0.2) is 30.9 Å². The minimum atomic E-state index is -4.52. The van der Waals surface area contributed by atoms with E-state index in [2.05, 4.69) is 10.1 Å². The molecule has 3 unspecified atom stereocenters. The molecule has 3 atom stereocenters. The Labute approximate surface area is 174 Å². The van der Waals surface area contributed by atoms with Crippen molar-refractivity contribution in [2.75, 3.05) is 6.61 Å². The van der Waals surface area contributed by atoms with E-state index in [0.29, 0.717) is 16.3 Å². The molecule has 10 heteroatoms. The van der Waals surface area contributed by atoms with Gasteiger partial charge in [-0.2, -0.15) is 18.3 Å². The molecule has 3 aromatic rings. The van der Waals surface area contributed by atoms with E-state index in [1.165, 1.54) is 22.1 Å². The molecule has 2 aliphatic rings. The van der Waals surface area contributed by atoms with E-state index in [9.17, 15) is 23.1 Å². The summed E-state index contributed by atoms with van der Waals surface area (Å²) >= 11 is 1.39. The van der Waals surface area contributed by atoms with Gasteiger partial charge in [-0.25, -0.2) is 4.98 Å². The van der Waals surface area contributed by atoms with Crippen LogP contribution in [0.15, 0.2) is 16.9 Å². The molecule has 2 saturated carbocycles. The van der Waals surface area contributed by atoms with Crippen LogP contribution in [0.1, 0.15) is 71.7 Å². The van der Waals surface area contributed by atoms with Crippen LogP contribution in [0, 0.1) is 12.8 Å². The van der Waals surface area contributed by atoms with Crippen molar-refractivity contribution in [1.82, 2.24) is 19.2 Å². The molecule has 0 amide bonds. The van der Waals surface area contributed by atoms with Crippen LogP contribution in [0.3, 0.4) is 0 Å². The molecule has 0 bridgehead atoms. The van der Waals surface area contributed by atoms with Gasteiger partial charge < -0.3 is 5.11 Å².